The van der Waals surface area contributed by atoms with Crippen LogP contribution in [0, 0.1) is 6.92 Å². The van der Waals surface area contributed by atoms with Gasteiger partial charge < -0.3 is 14.6 Å². The lowest BCUT2D eigenvalue weighted by Gasteiger charge is -2.13. The van der Waals surface area contributed by atoms with Crippen molar-refractivity contribution in [2.24, 2.45) is 0 Å². The van der Waals surface area contributed by atoms with Crippen LogP contribution >= 0.6 is 23.2 Å². The monoisotopic (exact) mass is 382 g/mol. The van der Waals surface area contributed by atoms with Crippen molar-refractivity contribution in [2.45, 2.75) is 26.4 Å². The van der Waals surface area contributed by atoms with Crippen molar-refractivity contribution in [1.82, 2.24) is 5.16 Å². The predicted molar refractivity (Wildman–Crippen MR) is 95.5 cm³/mol. The maximum absolute atomic E-state index is 12.1. The van der Waals surface area contributed by atoms with Gasteiger partial charge in [0, 0.05) is 12.1 Å². The zero-order valence-corrected chi connectivity index (χ0v) is 15.1. The summed E-state index contributed by atoms with van der Waals surface area (Å²) >= 11 is 11.7. The van der Waals surface area contributed by atoms with E-state index in [1.54, 1.807) is 38.1 Å². The number of carbonyl (C=O) groups excluding carboxylic acids is 2. The summed E-state index contributed by atoms with van der Waals surface area (Å²) in [5, 5.41) is 6.99. The van der Waals surface area contributed by atoms with Gasteiger partial charge in [0.15, 0.2) is 11.9 Å². The van der Waals surface area contributed by atoms with Gasteiger partial charge >= 0.3 is 5.97 Å². The molecule has 1 atom stereocenters. The first-order valence-electron chi connectivity index (χ1n) is 7.47. The highest BCUT2D eigenvalue weighted by Gasteiger charge is 2.21. The number of carbonyl (C=O) groups is 2. The molecule has 1 heterocycles. The lowest BCUT2D eigenvalue weighted by atomic mass is 10.2. The van der Waals surface area contributed by atoms with Crippen LogP contribution in [0.25, 0.3) is 6.08 Å². The molecule has 0 bridgehead atoms. The minimum absolute atomic E-state index is 0.267. The molecular weight excluding hydrogens is 367 g/mol. The fourth-order valence-corrected chi connectivity index (χ4v) is 2.22. The molecule has 1 aromatic heterocycles. The number of hydrogen-bond donors (Lipinski definition) is 1. The van der Waals surface area contributed by atoms with E-state index in [0.29, 0.717) is 27.8 Å². The number of ether oxygens (including phenoxy) is 1. The molecule has 0 saturated heterocycles. The average molecular weight is 383 g/mol. The topological polar surface area (TPSA) is 81.4 Å². The van der Waals surface area contributed by atoms with Crippen LogP contribution in [0.15, 0.2) is 34.9 Å². The second kappa shape index (κ2) is 8.69. The Kier molecular flexibility index (Phi) is 6.61. The normalized spacial score (nSPS) is 12.2. The summed E-state index contributed by atoms with van der Waals surface area (Å²) in [5.41, 5.74) is 0.682. The van der Waals surface area contributed by atoms with Gasteiger partial charge in [0.1, 0.15) is 5.76 Å². The van der Waals surface area contributed by atoms with Crippen LogP contribution in [0.5, 0.6) is 0 Å². The summed E-state index contributed by atoms with van der Waals surface area (Å²) in [6, 6.07) is 6.51. The Balaban J connectivity index is 1.95. The fraction of sp³-hybridized carbons (Fsp3) is 0.235. The van der Waals surface area contributed by atoms with Crippen molar-refractivity contribution in [1.29, 1.82) is 0 Å². The van der Waals surface area contributed by atoms with E-state index in [1.165, 1.54) is 12.2 Å². The number of esters is 1. The van der Waals surface area contributed by atoms with E-state index < -0.39 is 18.0 Å². The zero-order chi connectivity index (χ0) is 18.4. The van der Waals surface area contributed by atoms with Gasteiger partial charge in [0.05, 0.1) is 10.0 Å². The Morgan fingerprint density at radius 2 is 2.08 bits per heavy atom. The Labute approximate surface area is 154 Å². The molecule has 0 aliphatic rings. The molecule has 1 aromatic carbocycles. The lowest BCUT2D eigenvalue weighted by molar-refractivity contribution is -0.149. The number of hydrogen-bond acceptors (Lipinski definition) is 5. The summed E-state index contributed by atoms with van der Waals surface area (Å²) < 4.78 is 10.0. The molecule has 132 valence electrons. The molecule has 8 heteroatoms. The third kappa shape index (κ3) is 5.62. The van der Waals surface area contributed by atoms with E-state index in [-0.39, 0.29) is 5.82 Å². The first-order chi connectivity index (χ1) is 11.9. The maximum atomic E-state index is 12.1. The van der Waals surface area contributed by atoms with Crippen LogP contribution in [-0.2, 0) is 14.3 Å². The second-order valence-electron chi connectivity index (χ2n) is 5.15. The van der Waals surface area contributed by atoms with Crippen LogP contribution < -0.4 is 5.32 Å². The molecule has 0 spiro atoms. The Morgan fingerprint density at radius 3 is 2.68 bits per heavy atom. The first-order valence-corrected chi connectivity index (χ1v) is 8.22. The quantitative estimate of drug-likeness (QED) is 0.595. The van der Waals surface area contributed by atoms with Gasteiger partial charge in [-0.25, -0.2) is 4.79 Å². The molecule has 2 rings (SSSR count). The number of benzene rings is 1. The number of aryl methyl sites for hydroxylation is 1. The highest BCUT2D eigenvalue weighted by atomic mass is 35.5. The number of amides is 1. The van der Waals surface area contributed by atoms with Crippen molar-refractivity contribution in [2.75, 3.05) is 5.32 Å². The third-order valence-electron chi connectivity index (χ3n) is 3.16. The fourth-order valence-electron chi connectivity index (χ4n) is 1.91. The smallest absolute Gasteiger partial charge is 0.331 e. The van der Waals surface area contributed by atoms with Gasteiger partial charge in [0.2, 0.25) is 0 Å². The molecule has 0 fully saturated rings. The molecule has 1 N–H and O–H groups in total. The van der Waals surface area contributed by atoms with Gasteiger partial charge in [-0.3, -0.25) is 4.79 Å². The molecule has 2 aromatic rings. The van der Waals surface area contributed by atoms with E-state index in [9.17, 15) is 9.59 Å². The molecule has 0 saturated carbocycles. The van der Waals surface area contributed by atoms with Crippen LogP contribution in [-0.4, -0.2) is 23.1 Å². The molecule has 0 radical (unpaired) electrons. The molecule has 25 heavy (non-hydrogen) atoms. The van der Waals surface area contributed by atoms with Crippen LogP contribution in [0.4, 0.5) is 5.82 Å². The van der Waals surface area contributed by atoms with Gasteiger partial charge in [-0.2, -0.15) is 0 Å². The molecule has 0 aliphatic carbocycles. The maximum Gasteiger partial charge on any atom is 0.331 e. The van der Waals surface area contributed by atoms with Gasteiger partial charge in [-0.1, -0.05) is 41.3 Å². The molecule has 6 nitrogen and oxygen atoms in total. The third-order valence-corrected chi connectivity index (χ3v) is 3.90. The number of rotatable bonds is 6. The summed E-state index contributed by atoms with van der Waals surface area (Å²) in [4.78, 5) is 24.0. The van der Waals surface area contributed by atoms with Crippen molar-refractivity contribution >= 4 is 47.0 Å². The highest BCUT2D eigenvalue weighted by molar-refractivity contribution is 6.42. The van der Waals surface area contributed by atoms with Crippen LogP contribution in [0.3, 0.4) is 0 Å². The number of nitrogens with zero attached hydrogens (tertiary/aromatic N) is 1. The Morgan fingerprint density at radius 1 is 1.32 bits per heavy atom. The van der Waals surface area contributed by atoms with E-state index in [4.69, 9.17) is 32.5 Å². The molecule has 1 amide bonds. The predicted octanol–water partition coefficient (Wildman–Crippen LogP) is 4.26. The summed E-state index contributed by atoms with van der Waals surface area (Å²) in [6.45, 7) is 3.43. The minimum atomic E-state index is -0.942. The van der Waals surface area contributed by atoms with Crippen molar-refractivity contribution in [3.8, 4) is 0 Å². The number of nitrogens with one attached hydrogen (secondary N) is 1. The zero-order valence-electron chi connectivity index (χ0n) is 13.6. The number of halogens is 2. The van der Waals surface area contributed by atoms with Gasteiger partial charge in [-0.15, -0.1) is 0 Å². The summed E-state index contributed by atoms with van der Waals surface area (Å²) in [5.74, 6) is -0.301. The number of aromatic nitrogens is 1. The van der Waals surface area contributed by atoms with Gasteiger partial charge in [0.25, 0.3) is 5.91 Å². The lowest BCUT2D eigenvalue weighted by Crippen LogP contribution is -2.31. The van der Waals surface area contributed by atoms with Crippen LogP contribution in [0.1, 0.15) is 24.7 Å². The first kappa shape index (κ1) is 19.0. The Hall–Kier alpha value is -2.31. The van der Waals surface area contributed by atoms with E-state index in [2.05, 4.69) is 10.5 Å². The Bertz CT molecular complexity index is 802. The summed E-state index contributed by atoms with van der Waals surface area (Å²) in [7, 11) is 0. The average Bonchev–Trinajstić information content (AvgIpc) is 2.98. The second-order valence-corrected chi connectivity index (χ2v) is 5.97. The van der Waals surface area contributed by atoms with Crippen LogP contribution in [0.2, 0.25) is 10.0 Å². The van der Waals surface area contributed by atoms with E-state index in [1.807, 2.05) is 0 Å². The van der Waals surface area contributed by atoms with Gasteiger partial charge in [-0.05, 0) is 37.1 Å². The SMILES string of the molecule is CCC(OC(=O)/C=C/c1ccc(Cl)c(Cl)c1)C(=O)Nc1cc(C)on1. The minimum Gasteiger partial charge on any atom is -0.449 e. The highest BCUT2D eigenvalue weighted by Crippen LogP contribution is 2.23. The largest absolute Gasteiger partial charge is 0.449 e. The number of anilines is 1. The molecular formula is C17H16Cl2N2O4. The molecule has 1 unspecified atom stereocenters. The summed E-state index contributed by atoms with van der Waals surface area (Å²) in [6.07, 6.45) is 2.11. The van der Waals surface area contributed by atoms with E-state index in [0.717, 1.165) is 0 Å². The standard InChI is InChI=1S/C17H16Cl2N2O4/c1-3-14(17(23)20-15-8-10(2)25-21-15)24-16(22)7-5-11-4-6-12(18)13(19)9-11/h4-9,14H,3H2,1-2H3,(H,20,21,23)/b7-5+. The van der Waals surface area contributed by atoms with Crippen molar-refractivity contribution < 1.29 is 18.8 Å². The van der Waals surface area contributed by atoms with Crippen molar-refractivity contribution in [3.63, 3.8) is 0 Å². The molecule has 0 aliphatic heterocycles. The van der Waals surface area contributed by atoms with E-state index >= 15 is 0 Å². The van der Waals surface area contributed by atoms with Crippen molar-refractivity contribution in [3.05, 3.63) is 51.7 Å².